The molecule has 0 spiro atoms. The van der Waals surface area contributed by atoms with E-state index in [-0.39, 0.29) is 33.6 Å². The molecule has 2 unspecified atom stereocenters. The van der Waals surface area contributed by atoms with E-state index in [9.17, 15) is 22.0 Å². The average Bonchev–Trinajstić information content (AvgIpc) is 3.29. The molecule has 0 radical (unpaired) electrons. The molecule has 0 aromatic heterocycles. The molecule has 1 amide bonds. The van der Waals surface area contributed by atoms with Crippen molar-refractivity contribution in [3.05, 3.63) is 81.3 Å². The van der Waals surface area contributed by atoms with Crippen LogP contribution < -0.4 is 5.32 Å². The minimum absolute atomic E-state index is 0.0211. The summed E-state index contributed by atoms with van der Waals surface area (Å²) in [6, 6.07) is 14.1. The van der Waals surface area contributed by atoms with Gasteiger partial charge in [0.15, 0.2) is 9.84 Å². The number of hydrogen-bond acceptors (Lipinski definition) is 5. The highest BCUT2D eigenvalue weighted by Crippen LogP contribution is 2.51. The van der Waals surface area contributed by atoms with Crippen molar-refractivity contribution in [1.82, 2.24) is 5.32 Å². The van der Waals surface area contributed by atoms with E-state index in [2.05, 4.69) is 10.5 Å². The van der Waals surface area contributed by atoms with Crippen LogP contribution >= 0.6 is 34.8 Å². The van der Waals surface area contributed by atoms with Gasteiger partial charge in [-0.3, -0.25) is 4.79 Å². The third kappa shape index (κ3) is 4.67. The normalized spacial score (nSPS) is 22.7. The largest absolute Gasteiger partial charge is 0.376 e. The Morgan fingerprint density at radius 1 is 1.11 bits per heavy atom. The first kappa shape index (κ1) is 26.2. The van der Waals surface area contributed by atoms with Crippen LogP contribution in [0.5, 0.6) is 0 Å². The lowest BCUT2D eigenvalue weighted by atomic mass is 9.85. The molecule has 1 N–H and O–H groups in total. The Morgan fingerprint density at radius 2 is 1.78 bits per heavy atom. The number of carbonyl (C=O) groups excluding carboxylic acids is 1. The fourth-order valence-corrected chi connectivity index (χ4v) is 6.62. The molecule has 1 fully saturated rings. The molecule has 2 atom stereocenters. The van der Waals surface area contributed by atoms with E-state index in [1.165, 1.54) is 18.2 Å². The van der Waals surface area contributed by atoms with Crippen LogP contribution in [0.4, 0.5) is 8.78 Å². The summed E-state index contributed by atoms with van der Waals surface area (Å²) in [4.78, 5) is 18.3. The second-order valence-corrected chi connectivity index (χ2v) is 12.7. The lowest BCUT2D eigenvalue weighted by Crippen LogP contribution is -2.45. The smallest absolute Gasteiger partial charge is 0.367 e. The number of sulfone groups is 1. The summed E-state index contributed by atoms with van der Waals surface area (Å²) in [5, 5.41) is 3.59. The topological polar surface area (TPSA) is 84.8 Å². The number of halogens is 5. The molecular formula is C25H19Cl3F2N2O4S. The summed E-state index contributed by atoms with van der Waals surface area (Å²) in [6.45, 7) is 0.0211. The molecule has 2 heterocycles. The number of fused-ring (bicyclic) bond motifs is 1. The molecule has 3 aromatic rings. The van der Waals surface area contributed by atoms with Gasteiger partial charge in [0.2, 0.25) is 5.60 Å². The van der Waals surface area contributed by atoms with E-state index < -0.39 is 38.4 Å². The molecule has 194 valence electrons. The quantitative estimate of drug-likeness (QED) is 0.363. The Kier molecular flexibility index (Phi) is 6.63. The molecule has 2 aliphatic heterocycles. The minimum atomic E-state index is -3.87. The Hall–Kier alpha value is -2.46. The van der Waals surface area contributed by atoms with Crippen LogP contribution in [-0.4, -0.2) is 43.0 Å². The van der Waals surface area contributed by atoms with Crippen molar-refractivity contribution < 1.29 is 26.8 Å². The van der Waals surface area contributed by atoms with Crippen molar-refractivity contribution in [2.24, 2.45) is 5.16 Å². The van der Waals surface area contributed by atoms with Gasteiger partial charge in [0.05, 0.1) is 16.7 Å². The first-order chi connectivity index (χ1) is 17.4. The predicted octanol–water partition coefficient (Wildman–Crippen LogP) is 5.92. The molecule has 6 nitrogen and oxygen atoms in total. The molecule has 37 heavy (non-hydrogen) atoms. The van der Waals surface area contributed by atoms with Crippen LogP contribution in [-0.2, 0) is 20.3 Å². The fraction of sp³-hybridized carbons (Fsp3) is 0.280. The lowest BCUT2D eigenvalue weighted by Gasteiger charge is -2.31. The lowest BCUT2D eigenvalue weighted by molar-refractivity contribution is -0.155. The maximum Gasteiger partial charge on any atom is 0.367 e. The molecule has 0 saturated carbocycles. The third-order valence-electron chi connectivity index (χ3n) is 6.72. The van der Waals surface area contributed by atoms with Crippen molar-refractivity contribution in [1.29, 1.82) is 0 Å². The standard InChI is InChI=1S/C25H19Cl3F2N2O4S/c26-15-9-14(10-16(27)11-15)24(25(28,29)30)12-22(32-36-24)20-5-6-21(19-4-2-1-3-18(19)20)23(33)31-13-17-7-8-37(17,34)35/h1-6,9-11,17H,7-8,12-13H2,(H,31,33). The van der Waals surface area contributed by atoms with Gasteiger partial charge in [0, 0.05) is 39.7 Å². The summed E-state index contributed by atoms with van der Waals surface area (Å²) in [7, 11) is -3.14. The highest BCUT2D eigenvalue weighted by Gasteiger charge is 2.60. The van der Waals surface area contributed by atoms with Gasteiger partial charge in [0.25, 0.3) is 5.91 Å². The molecule has 2 aliphatic rings. The average molecular weight is 588 g/mol. The van der Waals surface area contributed by atoms with E-state index in [0.717, 1.165) is 0 Å². The predicted molar refractivity (Wildman–Crippen MR) is 140 cm³/mol. The highest BCUT2D eigenvalue weighted by molar-refractivity contribution is 7.93. The van der Waals surface area contributed by atoms with Crippen molar-refractivity contribution in [3.63, 3.8) is 0 Å². The zero-order chi connectivity index (χ0) is 26.6. The van der Waals surface area contributed by atoms with Crippen LogP contribution in [0.15, 0.2) is 59.8 Å². The van der Waals surface area contributed by atoms with E-state index >= 15 is 0 Å². The second-order valence-electron chi connectivity index (χ2n) is 8.98. The van der Waals surface area contributed by atoms with Crippen molar-refractivity contribution in [2.75, 3.05) is 12.3 Å². The Morgan fingerprint density at radius 3 is 2.38 bits per heavy atom. The Bertz CT molecular complexity index is 1540. The first-order valence-electron chi connectivity index (χ1n) is 11.2. The number of oxime groups is 1. The molecule has 0 bridgehead atoms. The molecule has 5 rings (SSSR count). The summed E-state index contributed by atoms with van der Waals surface area (Å²) in [5.41, 5.74) is -1.41. The zero-order valence-electron chi connectivity index (χ0n) is 19.0. The van der Waals surface area contributed by atoms with Crippen LogP contribution in [0.2, 0.25) is 10.0 Å². The Balaban J connectivity index is 1.48. The number of rotatable bonds is 6. The number of carbonyl (C=O) groups is 1. The second kappa shape index (κ2) is 9.38. The molecule has 0 aliphatic carbocycles. The van der Waals surface area contributed by atoms with Crippen LogP contribution in [0.1, 0.15) is 34.3 Å². The number of hydrogen-bond donors (Lipinski definition) is 1. The van der Waals surface area contributed by atoms with E-state index in [1.54, 1.807) is 36.4 Å². The van der Waals surface area contributed by atoms with Gasteiger partial charge in [-0.05, 0) is 53.1 Å². The summed E-state index contributed by atoms with van der Waals surface area (Å²) in [6.07, 6.45) is 0.113. The van der Waals surface area contributed by atoms with Crippen LogP contribution in [0, 0.1) is 0 Å². The van der Waals surface area contributed by atoms with Gasteiger partial charge in [-0.15, -0.1) is 0 Å². The van der Waals surface area contributed by atoms with E-state index in [0.29, 0.717) is 28.3 Å². The van der Waals surface area contributed by atoms with Crippen LogP contribution in [0.3, 0.4) is 0 Å². The number of alkyl halides is 3. The van der Waals surface area contributed by atoms with E-state index in [1.807, 2.05) is 0 Å². The van der Waals surface area contributed by atoms with Crippen LogP contribution in [0.25, 0.3) is 10.8 Å². The number of nitrogens with one attached hydrogen (secondary N) is 1. The number of nitrogens with zero attached hydrogens (tertiary/aromatic N) is 1. The van der Waals surface area contributed by atoms with Crippen molar-refractivity contribution >= 4 is 67.0 Å². The number of benzene rings is 3. The van der Waals surface area contributed by atoms with Crippen molar-refractivity contribution in [3.8, 4) is 0 Å². The van der Waals surface area contributed by atoms with E-state index in [4.69, 9.17) is 39.6 Å². The fourth-order valence-electron chi connectivity index (χ4n) is 4.59. The molecule has 12 heteroatoms. The Labute approximate surface area is 226 Å². The maximum absolute atomic E-state index is 14.8. The highest BCUT2D eigenvalue weighted by atomic mass is 35.5. The molecule has 3 aromatic carbocycles. The van der Waals surface area contributed by atoms with Gasteiger partial charge in [0.1, 0.15) is 0 Å². The molecule has 1 saturated heterocycles. The van der Waals surface area contributed by atoms with Crippen molar-refractivity contribution in [2.45, 2.75) is 29.1 Å². The minimum Gasteiger partial charge on any atom is -0.376 e. The van der Waals surface area contributed by atoms with Gasteiger partial charge >= 0.3 is 5.38 Å². The summed E-state index contributed by atoms with van der Waals surface area (Å²) < 4.78 is 53.2. The first-order valence-corrected chi connectivity index (χ1v) is 14.1. The third-order valence-corrected chi connectivity index (χ3v) is 9.68. The maximum atomic E-state index is 14.8. The SMILES string of the molecule is O=C(NCC1CCS1(=O)=O)c1ccc(C2=NOC(c3cc(Cl)cc(Cl)c3)(C(F)(F)Cl)C2)c2ccccc12. The van der Waals surface area contributed by atoms with Gasteiger partial charge in [-0.1, -0.05) is 58.7 Å². The monoisotopic (exact) mass is 586 g/mol. The zero-order valence-corrected chi connectivity index (χ0v) is 22.1. The van der Waals surface area contributed by atoms with Gasteiger partial charge < -0.3 is 10.2 Å². The van der Waals surface area contributed by atoms with Gasteiger partial charge in [-0.2, -0.15) is 8.78 Å². The summed E-state index contributed by atoms with van der Waals surface area (Å²) in [5.74, 6) is -0.316. The number of amides is 1. The van der Waals surface area contributed by atoms with Gasteiger partial charge in [-0.25, -0.2) is 8.42 Å². The summed E-state index contributed by atoms with van der Waals surface area (Å²) >= 11 is 17.7. The molecular weight excluding hydrogens is 569 g/mol.